The van der Waals surface area contributed by atoms with Crippen molar-refractivity contribution >= 4 is 39.9 Å². The van der Waals surface area contributed by atoms with Crippen LogP contribution in [0.3, 0.4) is 0 Å². The standard InChI is InChI=1S/C53H52N2S/c1-4-14-32(15-5-1)49-48-38-17-7-9-19-47(38)56-51(48)55-50(54-49)37-23-22-34(39-29-40(37)39)33-20-21-36-42-30-41-35-16-6-8-18-43(35)52(24-10-2-11-25-52)45(41)31-46(42)53(44(36)28-33)26-12-3-13-27-53/h1,4-6,8,14-23,28,31,39-42,45,49H,2-3,7,9-13,24-27,29-30H2,(H,54,55). The fraction of sp³-hybridized carbons (Fsp3) is 0.415. The van der Waals surface area contributed by atoms with Crippen molar-refractivity contribution in [2.75, 3.05) is 0 Å². The Morgan fingerprint density at radius 1 is 0.679 bits per heavy atom. The minimum Gasteiger partial charge on any atom is -0.359 e. The quantitative estimate of drug-likeness (QED) is 0.207. The zero-order valence-corrected chi connectivity index (χ0v) is 33.4. The lowest BCUT2D eigenvalue weighted by Gasteiger charge is -2.45. The Balaban J connectivity index is 0.883. The fourth-order valence-electron chi connectivity index (χ4n) is 14.1. The Labute approximate surface area is 336 Å². The molecule has 0 saturated heterocycles. The van der Waals surface area contributed by atoms with Crippen molar-refractivity contribution in [1.82, 2.24) is 5.32 Å². The highest BCUT2D eigenvalue weighted by atomic mass is 32.1. The smallest absolute Gasteiger partial charge is 0.131 e. The summed E-state index contributed by atoms with van der Waals surface area (Å²) in [5, 5.41) is 6.62. The molecule has 6 unspecified atom stereocenters. The van der Waals surface area contributed by atoms with Gasteiger partial charge in [-0.3, -0.25) is 0 Å². The highest BCUT2D eigenvalue weighted by molar-refractivity contribution is 7.14. The van der Waals surface area contributed by atoms with Gasteiger partial charge < -0.3 is 5.32 Å². The summed E-state index contributed by atoms with van der Waals surface area (Å²) in [4.78, 5) is 5.42. The molecule has 2 heterocycles. The van der Waals surface area contributed by atoms with E-state index in [-0.39, 0.29) is 11.5 Å². The van der Waals surface area contributed by atoms with Gasteiger partial charge in [0.05, 0.1) is 6.04 Å². The molecule has 8 aliphatic carbocycles. The van der Waals surface area contributed by atoms with Gasteiger partial charge in [-0.05, 0) is 125 Å². The average molecular weight is 749 g/mol. The molecule has 1 N–H and O–H groups in total. The molecule has 2 spiro atoms. The summed E-state index contributed by atoms with van der Waals surface area (Å²) in [6.45, 7) is 0. The molecule has 0 amide bonds. The molecule has 3 saturated carbocycles. The van der Waals surface area contributed by atoms with Crippen LogP contribution in [-0.2, 0) is 10.8 Å². The van der Waals surface area contributed by atoms with Crippen LogP contribution in [0.1, 0.15) is 147 Å². The van der Waals surface area contributed by atoms with E-state index in [0.29, 0.717) is 35.0 Å². The first-order valence-electron chi connectivity index (χ1n) is 22.3. The van der Waals surface area contributed by atoms with Crippen molar-refractivity contribution in [1.29, 1.82) is 0 Å². The van der Waals surface area contributed by atoms with Crippen LogP contribution < -0.4 is 15.1 Å². The van der Waals surface area contributed by atoms with Crippen LogP contribution in [0.4, 0.5) is 5.00 Å². The first-order chi connectivity index (χ1) is 27.7. The number of fused-ring (bicyclic) bond motifs is 14. The van der Waals surface area contributed by atoms with E-state index in [2.05, 4.69) is 108 Å². The second kappa shape index (κ2) is 12.2. The Bertz CT molecular complexity index is 2570. The van der Waals surface area contributed by atoms with Crippen LogP contribution in [-0.4, -0.2) is 5.84 Å². The molecule has 1 aromatic heterocycles. The number of rotatable bonds is 3. The van der Waals surface area contributed by atoms with E-state index in [9.17, 15) is 0 Å². The molecule has 4 aromatic rings. The predicted molar refractivity (Wildman–Crippen MR) is 232 cm³/mol. The highest BCUT2D eigenvalue weighted by Crippen LogP contribution is 2.68. The third kappa shape index (κ3) is 4.53. The first-order valence-corrected chi connectivity index (χ1v) is 23.1. The second-order valence-corrected chi connectivity index (χ2v) is 20.0. The van der Waals surface area contributed by atoms with Crippen LogP contribution in [0.15, 0.2) is 107 Å². The molecule has 2 nitrogen and oxygen atoms in total. The van der Waals surface area contributed by atoms with Gasteiger partial charge in [-0.25, -0.2) is 4.99 Å². The summed E-state index contributed by atoms with van der Waals surface area (Å²) >= 11 is 1.89. The summed E-state index contributed by atoms with van der Waals surface area (Å²) < 4.78 is 1.41. The number of allylic oxidation sites excluding steroid dienone is 5. The van der Waals surface area contributed by atoms with Crippen LogP contribution in [0, 0.1) is 17.8 Å². The molecule has 9 aliphatic rings. The molecule has 6 atom stereocenters. The third-order valence-corrected chi connectivity index (χ3v) is 17.6. The van der Waals surface area contributed by atoms with Crippen LogP contribution >= 0.6 is 11.3 Å². The SMILES string of the molecule is C1=C(C2=Nc3sc4c(c3C(c3ccccc3)N2)=CCCC=4)C2CC2C(c2ccc3c(c2)C2(CCCCC2)C2=CC4C(CC23)c2ccccc2C42CCCCC2)=C1. The molecular formula is C53H52N2S. The highest BCUT2D eigenvalue weighted by Gasteiger charge is 2.58. The normalized spacial score (nSPS) is 30.6. The Hall–Kier alpha value is -4.21. The Morgan fingerprint density at radius 3 is 2.32 bits per heavy atom. The van der Waals surface area contributed by atoms with Crippen molar-refractivity contribution in [3.8, 4) is 0 Å². The summed E-state index contributed by atoms with van der Waals surface area (Å²) in [6, 6.07) is 28.8. The number of aliphatic imine (C=N–C) groups is 1. The van der Waals surface area contributed by atoms with E-state index < -0.39 is 0 Å². The Kier molecular flexibility index (Phi) is 7.12. The minimum absolute atomic E-state index is 0.132. The molecular weight excluding hydrogens is 697 g/mol. The zero-order chi connectivity index (χ0) is 36.6. The van der Waals surface area contributed by atoms with E-state index >= 15 is 0 Å². The number of hydrogen-bond donors (Lipinski definition) is 1. The van der Waals surface area contributed by atoms with Crippen LogP contribution in [0.5, 0.6) is 0 Å². The maximum Gasteiger partial charge on any atom is 0.131 e. The number of amidine groups is 1. The molecule has 1 aliphatic heterocycles. The summed E-state index contributed by atoms with van der Waals surface area (Å²) in [6.07, 6.45) is 31.4. The largest absolute Gasteiger partial charge is 0.359 e. The second-order valence-electron chi connectivity index (χ2n) is 19.0. The van der Waals surface area contributed by atoms with Crippen molar-refractivity contribution in [3.63, 3.8) is 0 Å². The zero-order valence-electron chi connectivity index (χ0n) is 32.5. The van der Waals surface area contributed by atoms with Crippen LogP contribution in [0.2, 0.25) is 0 Å². The molecule has 13 rings (SSSR count). The van der Waals surface area contributed by atoms with Gasteiger partial charge in [0.2, 0.25) is 0 Å². The van der Waals surface area contributed by atoms with Gasteiger partial charge in [0, 0.05) is 26.8 Å². The molecule has 3 aromatic carbocycles. The van der Waals surface area contributed by atoms with Gasteiger partial charge in [-0.1, -0.05) is 147 Å². The molecule has 0 radical (unpaired) electrons. The topological polar surface area (TPSA) is 24.4 Å². The Morgan fingerprint density at radius 2 is 1.45 bits per heavy atom. The first kappa shape index (κ1) is 32.8. The fourth-order valence-corrected chi connectivity index (χ4v) is 15.2. The molecule has 3 heteroatoms. The monoisotopic (exact) mass is 748 g/mol. The number of hydrogen-bond acceptors (Lipinski definition) is 3. The lowest BCUT2D eigenvalue weighted by Crippen LogP contribution is -2.38. The molecule has 0 bridgehead atoms. The van der Waals surface area contributed by atoms with Crippen LogP contribution in [0.25, 0.3) is 17.7 Å². The summed E-state index contributed by atoms with van der Waals surface area (Å²) in [7, 11) is 0. The number of thiophene rings is 1. The van der Waals surface area contributed by atoms with Gasteiger partial charge in [0.15, 0.2) is 0 Å². The van der Waals surface area contributed by atoms with E-state index in [0.717, 1.165) is 18.7 Å². The number of nitrogens with one attached hydrogen (secondary N) is 1. The molecule has 3 fully saturated rings. The lowest BCUT2D eigenvalue weighted by molar-refractivity contribution is 0.206. The summed E-state index contributed by atoms with van der Waals surface area (Å²) in [5.74, 6) is 4.16. The van der Waals surface area contributed by atoms with Crippen molar-refractivity contribution in [2.24, 2.45) is 22.7 Å². The third-order valence-electron chi connectivity index (χ3n) is 16.5. The summed E-state index contributed by atoms with van der Waals surface area (Å²) in [5.41, 5.74) is 16.5. The number of nitrogens with zero attached hydrogens (tertiary/aromatic N) is 1. The van der Waals surface area contributed by atoms with Gasteiger partial charge >= 0.3 is 0 Å². The van der Waals surface area contributed by atoms with Gasteiger partial charge in [-0.15, -0.1) is 11.3 Å². The van der Waals surface area contributed by atoms with E-state index in [4.69, 9.17) is 4.99 Å². The lowest BCUT2D eigenvalue weighted by atomic mass is 9.58. The van der Waals surface area contributed by atoms with Crippen molar-refractivity contribution in [2.45, 2.75) is 119 Å². The van der Waals surface area contributed by atoms with Crippen molar-refractivity contribution < 1.29 is 0 Å². The maximum atomic E-state index is 5.42. The van der Waals surface area contributed by atoms with Gasteiger partial charge in [0.1, 0.15) is 10.8 Å². The average Bonchev–Trinajstić information content (AvgIpc) is 3.85. The predicted octanol–water partition coefficient (Wildman–Crippen LogP) is 11.7. The molecule has 56 heavy (non-hydrogen) atoms. The molecule has 280 valence electrons. The van der Waals surface area contributed by atoms with E-state index in [1.54, 1.807) is 27.8 Å². The van der Waals surface area contributed by atoms with E-state index in [1.165, 1.54) is 114 Å². The maximum absolute atomic E-state index is 5.42. The number of benzene rings is 3. The van der Waals surface area contributed by atoms with Gasteiger partial charge in [-0.2, -0.15) is 0 Å². The van der Waals surface area contributed by atoms with Gasteiger partial charge in [0.25, 0.3) is 0 Å². The van der Waals surface area contributed by atoms with E-state index in [1.807, 2.05) is 16.9 Å². The minimum atomic E-state index is 0.132. The van der Waals surface area contributed by atoms with Crippen molar-refractivity contribution in [3.05, 3.63) is 151 Å².